The smallest absolute Gasteiger partial charge is 0.253 e. The second kappa shape index (κ2) is 7.49. The number of methoxy groups -OCH3 is 1. The van der Waals surface area contributed by atoms with Gasteiger partial charge in [0, 0.05) is 18.7 Å². The van der Waals surface area contributed by atoms with E-state index in [-0.39, 0.29) is 11.8 Å². The van der Waals surface area contributed by atoms with E-state index in [1.807, 2.05) is 18.2 Å². The molecule has 0 radical (unpaired) electrons. The van der Waals surface area contributed by atoms with Gasteiger partial charge in [-0.2, -0.15) is 0 Å². The summed E-state index contributed by atoms with van der Waals surface area (Å²) in [5, 5.41) is 10.5. The number of benzene rings is 2. The van der Waals surface area contributed by atoms with Crippen LogP contribution in [0.4, 0.5) is 0 Å². The summed E-state index contributed by atoms with van der Waals surface area (Å²) in [7, 11) is 1.60. The maximum Gasteiger partial charge on any atom is 0.253 e. The fraction of sp³-hybridized carbons (Fsp3) is 0.350. The summed E-state index contributed by atoms with van der Waals surface area (Å²) in [5.41, 5.74) is 1.86. The summed E-state index contributed by atoms with van der Waals surface area (Å²) >= 11 is 0. The lowest BCUT2D eigenvalue weighted by Gasteiger charge is -2.36. The Morgan fingerprint density at radius 1 is 1.17 bits per heavy atom. The van der Waals surface area contributed by atoms with Gasteiger partial charge in [-0.05, 0) is 48.6 Å². The molecule has 0 aliphatic carbocycles. The van der Waals surface area contributed by atoms with E-state index in [0.29, 0.717) is 18.7 Å². The van der Waals surface area contributed by atoms with E-state index in [1.54, 1.807) is 36.3 Å². The summed E-state index contributed by atoms with van der Waals surface area (Å²) in [5.74, 6) is 0.898. The predicted octanol–water partition coefficient (Wildman–Crippen LogP) is 2.76. The van der Waals surface area contributed by atoms with Crippen molar-refractivity contribution in [3.63, 3.8) is 0 Å². The SMILES string of the molecule is COc1ccc(C(=O)N2CC[C@H](Cc3ccccc3)[C@H](O)C2)cc1. The normalized spacial score (nSPS) is 20.7. The second-order valence-electron chi connectivity index (χ2n) is 6.29. The van der Waals surface area contributed by atoms with Crippen molar-refractivity contribution in [1.82, 2.24) is 4.90 Å². The Balaban J connectivity index is 1.61. The Morgan fingerprint density at radius 2 is 1.88 bits per heavy atom. The van der Waals surface area contributed by atoms with Gasteiger partial charge in [0.1, 0.15) is 5.75 Å². The molecule has 0 aromatic heterocycles. The van der Waals surface area contributed by atoms with E-state index >= 15 is 0 Å². The minimum absolute atomic E-state index is 0.0325. The lowest BCUT2D eigenvalue weighted by atomic mass is 9.87. The third-order valence-corrected chi connectivity index (χ3v) is 4.69. The van der Waals surface area contributed by atoms with Crippen LogP contribution in [-0.2, 0) is 6.42 Å². The first kappa shape index (κ1) is 16.5. The van der Waals surface area contributed by atoms with Crippen molar-refractivity contribution in [1.29, 1.82) is 0 Å². The number of aliphatic hydroxyl groups excluding tert-OH is 1. The Hall–Kier alpha value is -2.33. The van der Waals surface area contributed by atoms with Gasteiger partial charge in [0.15, 0.2) is 0 Å². The molecule has 1 amide bonds. The molecule has 4 nitrogen and oxygen atoms in total. The van der Waals surface area contributed by atoms with Gasteiger partial charge in [-0.25, -0.2) is 0 Å². The first-order valence-electron chi connectivity index (χ1n) is 8.32. The maximum atomic E-state index is 12.6. The zero-order chi connectivity index (χ0) is 16.9. The van der Waals surface area contributed by atoms with E-state index in [2.05, 4.69) is 12.1 Å². The van der Waals surface area contributed by atoms with Crippen LogP contribution in [0.3, 0.4) is 0 Å². The average Bonchev–Trinajstić information content (AvgIpc) is 2.64. The summed E-state index contributed by atoms with van der Waals surface area (Å²) in [6.07, 6.45) is 1.19. The van der Waals surface area contributed by atoms with Crippen LogP contribution in [0, 0.1) is 5.92 Å². The lowest BCUT2D eigenvalue weighted by Crippen LogP contribution is -2.47. The van der Waals surface area contributed by atoms with Gasteiger partial charge >= 0.3 is 0 Å². The zero-order valence-electron chi connectivity index (χ0n) is 13.9. The Bertz CT molecular complexity index is 669. The first-order valence-corrected chi connectivity index (χ1v) is 8.32. The summed E-state index contributed by atoms with van der Waals surface area (Å²) < 4.78 is 5.12. The van der Waals surface area contributed by atoms with E-state index in [1.165, 1.54) is 5.56 Å². The number of aliphatic hydroxyl groups is 1. The van der Waals surface area contributed by atoms with Crippen LogP contribution in [0.25, 0.3) is 0 Å². The molecule has 1 N–H and O–H groups in total. The van der Waals surface area contributed by atoms with Crippen LogP contribution in [0.15, 0.2) is 54.6 Å². The number of hydrogen-bond donors (Lipinski definition) is 1. The highest BCUT2D eigenvalue weighted by molar-refractivity contribution is 5.94. The summed E-state index contributed by atoms with van der Waals surface area (Å²) in [6.45, 7) is 1.07. The van der Waals surface area contributed by atoms with Gasteiger partial charge in [-0.3, -0.25) is 4.79 Å². The molecule has 1 aliphatic rings. The highest BCUT2D eigenvalue weighted by atomic mass is 16.5. The van der Waals surface area contributed by atoms with E-state index in [4.69, 9.17) is 4.74 Å². The summed E-state index contributed by atoms with van der Waals surface area (Å²) in [4.78, 5) is 14.3. The molecule has 2 atom stereocenters. The van der Waals surface area contributed by atoms with Crippen LogP contribution in [0.5, 0.6) is 5.75 Å². The molecule has 0 saturated carbocycles. The number of carbonyl (C=O) groups excluding carboxylic acids is 1. The van der Waals surface area contributed by atoms with Crippen molar-refractivity contribution in [2.75, 3.05) is 20.2 Å². The molecule has 24 heavy (non-hydrogen) atoms. The number of likely N-dealkylation sites (tertiary alicyclic amines) is 1. The molecule has 126 valence electrons. The number of piperidine rings is 1. The summed E-state index contributed by atoms with van der Waals surface area (Å²) in [6, 6.07) is 17.3. The van der Waals surface area contributed by atoms with Crippen molar-refractivity contribution < 1.29 is 14.6 Å². The van der Waals surface area contributed by atoms with Gasteiger partial charge in [-0.15, -0.1) is 0 Å². The highest BCUT2D eigenvalue weighted by Crippen LogP contribution is 2.24. The van der Waals surface area contributed by atoms with E-state index in [9.17, 15) is 9.90 Å². The van der Waals surface area contributed by atoms with Gasteiger partial charge in [0.25, 0.3) is 5.91 Å². The van der Waals surface area contributed by atoms with Gasteiger partial charge < -0.3 is 14.7 Å². The highest BCUT2D eigenvalue weighted by Gasteiger charge is 2.30. The third kappa shape index (κ3) is 3.77. The second-order valence-corrected chi connectivity index (χ2v) is 6.29. The van der Waals surface area contributed by atoms with Crippen molar-refractivity contribution in [3.8, 4) is 5.75 Å². The lowest BCUT2D eigenvalue weighted by molar-refractivity contribution is 0.0198. The number of nitrogens with zero attached hydrogens (tertiary/aromatic N) is 1. The molecule has 0 unspecified atom stereocenters. The van der Waals surface area contributed by atoms with Crippen LogP contribution in [0.1, 0.15) is 22.3 Å². The molecule has 1 fully saturated rings. The molecule has 2 aromatic rings. The van der Waals surface area contributed by atoms with E-state index in [0.717, 1.165) is 18.6 Å². The predicted molar refractivity (Wildman–Crippen MR) is 93.2 cm³/mol. The third-order valence-electron chi connectivity index (χ3n) is 4.69. The molecule has 0 bridgehead atoms. The molecule has 1 saturated heterocycles. The number of rotatable bonds is 4. The van der Waals surface area contributed by atoms with Crippen molar-refractivity contribution in [2.45, 2.75) is 18.9 Å². The largest absolute Gasteiger partial charge is 0.497 e. The monoisotopic (exact) mass is 325 g/mol. The number of hydrogen-bond acceptors (Lipinski definition) is 3. The minimum atomic E-state index is -0.485. The molecule has 2 aromatic carbocycles. The van der Waals surface area contributed by atoms with Gasteiger partial charge in [-0.1, -0.05) is 30.3 Å². The van der Waals surface area contributed by atoms with Crippen LogP contribution in [0.2, 0.25) is 0 Å². The first-order chi connectivity index (χ1) is 11.7. The standard InChI is InChI=1S/C20H23NO3/c1-24-18-9-7-16(8-10-18)20(23)21-12-11-17(19(22)14-21)13-15-5-3-2-4-6-15/h2-10,17,19,22H,11-14H2,1H3/t17-,19-/m1/s1. The minimum Gasteiger partial charge on any atom is -0.497 e. The Labute approximate surface area is 142 Å². The molecule has 4 heteroatoms. The van der Waals surface area contributed by atoms with E-state index < -0.39 is 6.10 Å². The number of carbonyl (C=O) groups is 1. The maximum absolute atomic E-state index is 12.6. The van der Waals surface area contributed by atoms with Gasteiger partial charge in [0.05, 0.1) is 13.2 Å². The molecule has 1 heterocycles. The molecule has 1 aliphatic heterocycles. The van der Waals surface area contributed by atoms with Crippen LogP contribution < -0.4 is 4.74 Å². The molecular formula is C20H23NO3. The topological polar surface area (TPSA) is 49.8 Å². The molecule has 0 spiro atoms. The Kier molecular flexibility index (Phi) is 5.16. The number of β-amino-alcohol motifs (C(OH)–C–C–N with tert-alkyl or cyclic N) is 1. The fourth-order valence-corrected chi connectivity index (χ4v) is 3.24. The van der Waals surface area contributed by atoms with Crippen LogP contribution >= 0.6 is 0 Å². The van der Waals surface area contributed by atoms with Crippen molar-refractivity contribution in [3.05, 3.63) is 65.7 Å². The van der Waals surface area contributed by atoms with Gasteiger partial charge in [0.2, 0.25) is 0 Å². The quantitative estimate of drug-likeness (QED) is 0.940. The van der Waals surface area contributed by atoms with Crippen molar-refractivity contribution in [2.24, 2.45) is 5.92 Å². The average molecular weight is 325 g/mol. The Morgan fingerprint density at radius 3 is 2.50 bits per heavy atom. The molecule has 3 rings (SSSR count). The van der Waals surface area contributed by atoms with Crippen LogP contribution in [-0.4, -0.2) is 42.2 Å². The zero-order valence-corrected chi connectivity index (χ0v) is 13.9. The number of ether oxygens (including phenoxy) is 1. The number of amides is 1. The van der Waals surface area contributed by atoms with Crippen molar-refractivity contribution >= 4 is 5.91 Å². The fourth-order valence-electron chi connectivity index (χ4n) is 3.24. The molecular weight excluding hydrogens is 302 g/mol.